The summed E-state index contributed by atoms with van der Waals surface area (Å²) in [6.45, 7) is 8.72. The Morgan fingerprint density at radius 2 is 1.89 bits per heavy atom. The van der Waals surface area contributed by atoms with Crippen molar-refractivity contribution in [2.24, 2.45) is 5.41 Å². The Labute approximate surface area is 128 Å². The van der Waals surface area contributed by atoms with Gasteiger partial charge in [-0.3, -0.25) is 0 Å². The number of halogens is 1. The first kappa shape index (κ1) is 14.4. The van der Waals surface area contributed by atoms with Gasteiger partial charge in [0, 0.05) is 0 Å². The molecule has 0 amide bonds. The van der Waals surface area contributed by atoms with Crippen LogP contribution in [0.15, 0.2) is 24.3 Å². The molecule has 0 unspecified atom stereocenters. The quantitative estimate of drug-likeness (QED) is 0.815. The topological polar surface area (TPSA) is 43.8 Å². The second kappa shape index (κ2) is 5.15. The third kappa shape index (κ3) is 3.11. The summed E-state index contributed by atoms with van der Waals surface area (Å²) in [6.07, 6.45) is 0.925. The van der Waals surface area contributed by atoms with Crippen LogP contribution >= 0.6 is 22.6 Å². The number of benzene rings is 1. The van der Waals surface area contributed by atoms with E-state index in [1.54, 1.807) is 0 Å². The largest absolute Gasteiger partial charge is 0.383 e. The maximum Gasteiger partial charge on any atom is 0.141 e. The number of nitrogens with two attached hydrogens (primary N) is 1. The molecule has 1 heterocycles. The Morgan fingerprint density at radius 1 is 1.26 bits per heavy atom. The molecule has 0 fully saturated rings. The highest BCUT2D eigenvalue weighted by Gasteiger charge is 2.20. The summed E-state index contributed by atoms with van der Waals surface area (Å²) in [5.74, 6) is 0.731. The Hall–Kier alpha value is -1.04. The summed E-state index contributed by atoms with van der Waals surface area (Å²) in [5, 5.41) is 4.71. The fourth-order valence-electron chi connectivity index (χ4n) is 2.06. The molecule has 0 aliphatic carbocycles. The van der Waals surface area contributed by atoms with Crippen molar-refractivity contribution in [2.75, 3.05) is 5.73 Å². The van der Waals surface area contributed by atoms with Crippen LogP contribution in [0, 0.1) is 15.9 Å². The smallest absolute Gasteiger partial charge is 0.141 e. The highest BCUT2D eigenvalue weighted by molar-refractivity contribution is 14.1. The minimum atomic E-state index is 0.206. The maximum absolute atomic E-state index is 6.22. The van der Waals surface area contributed by atoms with Crippen molar-refractivity contribution in [2.45, 2.75) is 34.1 Å². The van der Waals surface area contributed by atoms with E-state index < -0.39 is 0 Å². The van der Waals surface area contributed by atoms with Crippen LogP contribution in [-0.4, -0.2) is 9.78 Å². The molecule has 1 aromatic carbocycles. The fraction of sp³-hybridized carbons (Fsp3) is 0.400. The molecule has 2 N–H and O–H groups in total. The van der Waals surface area contributed by atoms with E-state index in [-0.39, 0.29) is 5.41 Å². The van der Waals surface area contributed by atoms with Gasteiger partial charge in [-0.2, -0.15) is 5.10 Å². The number of nitrogen functional groups attached to an aromatic ring is 1. The molecule has 0 saturated heterocycles. The first-order chi connectivity index (χ1) is 8.79. The van der Waals surface area contributed by atoms with Gasteiger partial charge in [-0.25, -0.2) is 4.68 Å². The lowest BCUT2D eigenvalue weighted by Crippen LogP contribution is -2.11. The second-order valence-electron chi connectivity index (χ2n) is 6.08. The lowest BCUT2D eigenvalue weighted by Gasteiger charge is -2.16. The van der Waals surface area contributed by atoms with Gasteiger partial charge in [0.1, 0.15) is 5.82 Å². The highest BCUT2D eigenvalue weighted by atomic mass is 127. The predicted molar refractivity (Wildman–Crippen MR) is 88.6 cm³/mol. The summed E-state index contributed by atoms with van der Waals surface area (Å²) in [6, 6.07) is 8.17. The molecule has 0 bridgehead atoms. The van der Waals surface area contributed by atoms with Crippen LogP contribution < -0.4 is 5.73 Å². The van der Waals surface area contributed by atoms with Gasteiger partial charge in [0.05, 0.1) is 15.0 Å². The van der Waals surface area contributed by atoms with Crippen LogP contribution in [0.2, 0.25) is 0 Å². The van der Waals surface area contributed by atoms with Gasteiger partial charge < -0.3 is 5.73 Å². The van der Waals surface area contributed by atoms with E-state index in [4.69, 9.17) is 10.8 Å². The summed E-state index contributed by atoms with van der Waals surface area (Å²) < 4.78 is 2.92. The molecular formula is C15H20IN3. The number of para-hydroxylation sites is 1. The van der Waals surface area contributed by atoms with Crippen LogP contribution in [0.5, 0.6) is 0 Å². The number of nitrogens with zero attached hydrogens (tertiary/aromatic N) is 2. The third-order valence-corrected chi connectivity index (χ3v) is 4.14. The second-order valence-corrected chi connectivity index (χ2v) is 7.16. The lowest BCUT2D eigenvalue weighted by atomic mass is 9.91. The standard InChI is InChI=1S/C15H20IN3/c1-10-7-5-6-8-12(10)19-14(17)13(16)11(18-19)9-15(2,3)4/h5-8H,9,17H2,1-4H3. The zero-order valence-electron chi connectivity index (χ0n) is 11.9. The van der Waals surface area contributed by atoms with E-state index >= 15 is 0 Å². The van der Waals surface area contributed by atoms with Crippen molar-refractivity contribution in [3.63, 3.8) is 0 Å². The molecule has 0 aliphatic rings. The summed E-state index contributed by atoms with van der Waals surface area (Å²) in [5.41, 5.74) is 9.73. The van der Waals surface area contributed by atoms with Crippen LogP contribution in [0.1, 0.15) is 32.0 Å². The van der Waals surface area contributed by atoms with E-state index in [1.165, 1.54) is 5.56 Å². The lowest BCUT2D eigenvalue weighted by molar-refractivity contribution is 0.404. The number of aromatic nitrogens is 2. The Bertz CT molecular complexity index is 594. The van der Waals surface area contributed by atoms with Crippen molar-refractivity contribution < 1.29 is 0 Å². The molecule has 0 aliphatic heterocycles. The van der Waals surface area contributed by atoms with E-state index in [1.807, 2.05) is 16.8 Å². The third-order valence-electron chi connectivity index (χ3n) is 2.97. The fourth-order valence-corrected chi connectivity index (χ4v) is 2.59. The van der Waals surface area contributed by atoms with E-state index in [0.717, 1.165) is 27.2 Å². The van der Waals surface area contributed by atoms with Crippen LogP contribution in [-0.2, 0) is 6.42 Å². The molecule has 19 heavy (non-hydrogen) atoms. The monoisotopic (exact) mass is 369 g/mol. The molecule has 1 aromatic heterocycles. The Morgan fingerprint density at radius 3 is 2.47 bits per heavy atom. The predicted octanol–water partition coefficient (Wildman–Crippen LogP) is 3.96. The molecule has 0 spiro atoms. The number of aryl methyl sites for hydroxylation is 1. The first-order valence-corrected chi connectivity index (χ1v) is 7.46. The molecule has 0 radical (unpaired) electrons. The molecule has 2 rings (SSSR count). The molecule has 0 saturated carbocycles. The van der Waals surface area contributed by atoms with Gasteiger partial charge in [0.2, 0.25) is 0 Å². The van der Waals surface area contributed by atoms with Gasteiger partial charge in [-0.1, -0.05) is 39.0 Å². The maximum atomic E-state index is 6.22. The van der Waals surface area contributed by atoms with Crippen molar-refractivity contribution in [3.8, 4) is 5.69 Å². The number of hydrogen-bond donors (Lipinski definition) is 1. The van der Waals surface area contributed by atoms with Crippen molar-refractivity contribution in [1.29, 1.82) is 0 Å². The zero-order chi connectivity index (χ0) is 14.2. The normalized spacial score (nSPS) is 11.8. The molecule has 3 nitrogen and oxygen atoms in total. The SMILES string of the molecule is Cc1ccccc1-n1nc(CC(C)(C)C)c(I)c1N. The van der Waals surface area contributed by atoms with Crippen LogP contribution in [0.25, 0.3) is 5.69 Å². The molecule has 2 aromatic rings. The van der Waals surface area contributed by atoms with E-state index in [0.29, 0.717) is 0 Å². The highest BCUT2D eigenvalue weighted by Crippen LogP contribution is 2.29. The number of rotatable bonds is 2. The van der Waals surface area contributed by atoms with Crippen molar-refractivity contribution >= 4 is 28.4 Å². The van der Waals surface area contributed by atoms with Crippen LogP contribution in [0.4, 0.5) is 5.82 Å². The zero-order valence-corrected chi connectivity index (χ0v) is 14.0. The number of hydrogen-bond acceptors (Lipinski definition) is 2. The average Bonchev–Trinajstić information content (AvgIpc) is 2.56. The minimum Gasteiger partial charge on any atom is -0.383 e. The Kier molecular flexibility index (Phi) is 3.90. The van der Waals surface area contributed by atoms with Gasteiger partial charge in [0.25, 0.3) is 0 Å². The van der Waals surface area contributed by atoms with Crippen LogP contribution in [0.3, 0.4) is 0 Å². The minimum absolute atomic E-state index is 0.206. The summed E-state index contributed by atoms with van der Waals surface area (Å²) in [7, 11) is 0. The molecule has 0 atom stereocenters. The van der Waals surface area contributed by atoms with Gasteiger partial charge in [-0.15, -0.1) is 0 Å². The first-order valence-electron chi connectivity index (χ1n) is 6.38. The molecular weight excluding hydrogens is 349 g/mol. The van der Waals surface area contributed by atoms with Gasteiger partial charge in [-0.05, 0) is 53.0 Å². The molecule has 102 valence electrons. The van der Waals surface area contributed by atoms with Gasteiger partial charge >= 0.3 is 0 Å². The summed E-state index contributed by atoms with van der Waals surface area (Å²) in [4.78, 5) is 0. The van der Waals surface area contributed by atoms with E-state index in [2.05, 4.69) is 62.4 Å². The van der Waals surface area contributed by atoms with E-state index in [9.17, 15) is 0 Å². The van der Waals surface area contributed by atoms with Crippen molar-refractivity contribution in [1.82, 2.24) is 9.78 Å². The Balaban J connectivity index is 2.50. The van der Waals surface area contributed by atoms with Gasteiger partial charge in [0.15, 0.2) is 0 Å². The van der Waals surface area contributed by atoms with Crippen molar-refractivity contribution in [3.05, 3.63) is 39.1 Å². The molecule has 4 heteroatoms. The average molecular weight is 369 g/mol. The number of anilines is 1. The summed E-state index contributed by atoms with van der Waals surface area (Å²) >= 11 is 2.30.